The van der Waals surface area contributed by atoms with Gasteiger partial charge in [-0.25, -0.2) is 4.79 Å². The second-order valence-corrected chi connectivity index (χ2v) is 5.01. The number of carbonyl (C=O) groups is 1. The molecule has 0 radical (unpaired) electrons. The lowest BCUT2D eigenvalue weighted by atomic mass is 10.1. The summed E-state index contributed by atoms with van der Waals surface area (Å²) in [7, 11) is 1.36. The van der Waals surface area contributed by atoms with Gasteiger partial charge in [-0.05, 0) is 31.0 Å². The maximum atomic E-state index is 11.6. The van der Waals surface area contributed by atoms with Gasteiger partial charge in [-0.15, -0.1) is 0 Å². The number of hydrogen-bond donors (Lipinski definition) is 1. The van der Waals surface area contributed by atoms with Gasteiger partial charge in [-0.1, -0.05) is 38.3 Å². The minimum atomic E-state index is -0.406. The molecule has 0 amide bonds. The molecule has 1 N–H and O–H groups in total. The summed E-state index contributed by atoms with van der Waals surface area (Å²) < 4.78 is 4.72. The number of ether oxygens (including phenoxy) is 1. The number of benzene rings is 1. The number of esters is 1. The molecule has 0 fully saturated rings. The number of nitrogens with one attached hydrogen (secondary N) is 1. The Morgan fingerprint density at radius 1 is 1.32 bits per heavy atom. The van der Waals surface area contributed by atoms with Crippen LogP contribution in [0.3, 0.4) is 0 Å². The van der Waals surface area contributed by atoms with Crippen molar-refractivity contribution in [1.82, 2.24) is 0 Å². The van der Waals surface area contributed by atoms with Crippen LogP contribution >= 0.6 is 11.6 Å². The predicted octanol–water partition coefficient (Wildman–Crippen LogP) is 4.51. The van der Waals surface area contributed by atoms with E-state index in [4.69, 9.17) is 16.3 Å². The Morgan fingerprint density at radius 3 is 2.47 bits per heavy atom. The zero-order chi connectivity index (χ0) is 14.3. The lowest BCUT2D eigenvalue weighted by Crippen LogP contribution is -2.19. The van der Waals surface area contributed by atoms with Crippen LogP contribution in [-0.4, -0.2) is 19.1 Å². The van der Waals surface area contributed by atoms with Crippen LogP contribution in [0.5, 0.6) is 0 Å². The molecule has 0 aliphatic carbocycles. The molecule has 1 aromatic carbocycles. The van der Waals surface area contributed by atoms with E-state index < -0.39 is 5.97 Å². The zero-order valence-electron chi connectivity index (χ0n) is 11.8. The van der Waals surface area contributed by atoms with Crippen LogP contribution in [0.1, 0.15) is 49.9 Å². The molecule has 0 saturated heterocycles. The molecule has 0 saturated carbocycles. The third kappa shape index (κ3) is 4.75. The van der Waals surface area contributed by atoms with Gasteiger partial charge in [0.2, 0.25) is 0 Å². The molecule has 0 aromatic heterocycles. The van der Waals surface area contributed by atoms with Crippen LogP contribution in [0.15, 0.2) is 18.2 Å². The lowest BCUT2D eigenvalue weighted by Gasteiger charge is -2.19. The smallest absolute Gasteiger partial charge is 0.339 e. The normalized spacial score (nSPS) is 10.6. The SMILES string of the molecule is CCCC(CCC)Nc1ccc(Cl)c(C(=O)OC)c1. The summed E-state index contributed by atoms with van der Waals surface area (Å²) >= 11 is 6.00. The van der Waals surface area contributed by atoms with E-state index in [2.05, 4.69) is 19.2 Å². The third-order valence-corrected chi connectivity index (χ3v) is 3.35. The molecule has 3 nitrogen and oxygen atoms in total. The lowest BCUT2D eigenvalue weighted by molar-refractivity contribution is 0.0601. The highest BCUT2D eigenvalue weighted by Crippen LogP contribution is 2.23. The number of methoxy groups -OCH3 is 1. The van der Waals surface area contributed by atoms with Gasteiger partial charge in [0.15, 0.2) is 0 Å². The molecular weight excluding hydrogens is 262 g/mol. The quantitative estimate of drug-likeness (QED) is 0.748. The Hall–Kier alpha value is -1.22. The van der Waals surface area contributed by atoms with Crippen LogP contribution < -0.4 is 5.32 Å². The number of rotatable bonds is 7. The molecule has 0 aliphatic heterocycles. The van der Waals surface area contributed by atoms with Gasteiger partial charge in [-0.3, -0.25) is 0 Å². The predicted molar refractivity (Wildman–Crippen MR) is 80.0 cm³/mol. The molecule has 1 rings (SSSR count). The number of anilines is 1. The van der Waals surface area contributed by atoms with Crippen LogP contribution in [-0.2, 0) is 4.74 Å². The highest BCUT2D eigenvalue weighted by molar-refractivity contribution is 6.33. The molecule has 106 valence electrons. The fraction of sp³-hybridized carbons (Fsp3) is 0.533. The molecule has 1 aromatic rings. The largest absolute Gasteiger partial charge is 0.465 e. The van der Waals surface area contributed by atoms with Gasteiger partial charge in [0.05, 0.1) is 17.7 Å². The van der Waals surface area contributed by atoms with Gasteiger partial charge < -0.3 is 10.1 Å². The zero-order valence-corrected chi connectivity index (χ0v) is 12.6. The molecular formula is C15H22ClNO2. The summed E-state index contributed by atoms with van der Waals surface area (Å²) in [5.74, 6) is -0.406. The fourth-order valence-electron chi connectivity index (χ4n) is 2.10. The van der Waals surface area contributed by atoms with Crippen LogP contribution in [0.4, 0.5) is 5.69 Å². The summed E-state index contributed by atoms with van der Waals surface area (Å²) in [6.45, 7) is 4.35. The Kier molecular flexibility index (Phi) is 6.71. The molecule has 0 bridgehead atoms. The summed E-state index contributed by atoms with van der Waals surface area (Å²) in [6.07, 6.45) is 4.50. The standard InChI is InChI=1S/C15H22ClNO2/c1-4-6-11(7-5-2)17-12-8-9-14(16)13(10-12)15(18)19-3/h8-11,17H,4-7H2,1-3H3. The van der Waals surface area contributed by atoms with E-state index in [1.54, 1.807) is 12.1 Å². The van der Waals surface area contributed by atoms with E-state index in [1.807, 2.05) is 6.07 Å². The van der Waals surface area contributed by atoms with Crippen molar-refractivity contribution in [3.63, 3.8) is 0 Å². The Morgan fingerprint density at radius 2 is 1.95 bits per heavy atom. The fourth-order valence-corrected chi connectivity index (χ4v) is 2.30. The summed E-state index contributed by atoms with van der Waals surface area (Å²) in [6, 6.07) is 5.81. The van der Waals surface area contributed by atoms with E-state index in [-0.39, 0.29) is 0 Å². The Labute approximate surface area is 120 Å². The van der Waals surface area contributed by atoms with Gasteiger partial charge in [0, 0.05) is 11.7 Å². The van der Waals surface area contributed by atoms with Gasteiger partial charge >= 0.3 is 5.97 Å². The minimum Gasteiger partial charge on any atom is -0.465 e. The van der Waals surface area contributed by atoms with Crippen molar-refractivity contribution in [3.05, 3.63) is 28.8 Å². The van der Waals surface area contributed by atoms with E-state index in [0.29, 0.717) is 16.6 Å². The minimum absolute atomic E-state index is 0.404. The monoisotopic (exact) mass is 283 g/mol. The topological polar surface area (TPSA) is 38.3 Å². The summed E-state index contributed by atoms with van der Waals surface area (Å²) in [4.78, 5) is 11.6. The molecule has 19 heavy (non-hydrogen) atoms. The first kappa shape index (κ1) is 15.8. The highest BCUT2D eigenvalue weighted by Gasteiger charge is 2.13. The van der Waals surface area contributed by atoms with E-state index in [9.17, 15) is 4.79 Å². The van der Waals surface area contributed by atoms with Crippen molar-refractivity contribution >= 4 is 23.3 Å². The molecule has 0 spiro atoms. The van der Waals surface area contributed by atoms with E-state index in [0.717, 1.165) is 31.4 Å². The summed E-state index contributed by atoms with van der Waals surface area (Å²) in [5.41, 5.74) is 1.32. The molecule has 0 aliphatic rings. The number of hydrogen-bond acceptors (Lipinski definition) is 3. The Balaban J connectivity index is 2.85. The average Bonchev–Trinajstić information content (AvgIpc) is 2.40. The second kappa shape index (κ2) is 8.05. The first-order valence-corrected chi connectivity index (χ1v) is 7.14. The van der Waals surface area contributed by atoms with Crippen LogP contribution in [0.25, 0.3) is 0 Å². The van der Waals surface area contributed by atoms with Crippen molar-refractivity contribution in [2.24, 2.45) is 0 Å². The second-order valence-electron chi connectivity index (χ2n) is 4.60. The third-order valence-electron chi connectivity index (χ3n) is 3.02. The maximum Gasteiger partial charge on any atom is 0.339 e. The van der Waals surface area contributed by atoms with Crippen LogP contribution in [0, 0.1) is 0 Å². The first-order chi connectivity index (χ1) is 9.12. The van der Waals surface area contributed by atoms with Crippen molar-refractivity contribution in [2.45, 2.75) is 45.6 Å². The van der Waals surface area contributed by atoms with E-state index in [1.165, 1.54) is 7.11 Å². The van der Waals surface area contributed by atoms with Crippen LogP contribution in [0.2, 0.25) is 5.02 Å². The summed E-state index contributed by atoms with van der Waals surface area (Å²) in [5, 5.41) is 3.88. The van der Waals surface area contributed by atoms with Crippen molar-refractivity contribution in [2.75, 3.05) is 12.4 Å². The van der Waals surface area contributed by atoms with Gasteiger partial charge in [-0.2, -0.15) is 0 Å². The Bertz CT molecular complexity index is 415. The maximum absolute atomic E-state index is 11.6. The van der Waals surface area contributed by atoms with Gasteiger partial charge in [0.1, 0.15) is 0 Å². The number of carbonyl (C=O) groups excluding carboxylic acids is 1. The molecule has 0 unspecified atom stereocenters. The average molecular weight is 284 g/mol. The van der Waals surface area contributed by atoms with E-state index >= 15 is 0 Å². The van der Waals surface area contributed by atoms with Crippen molar-refractivity contribution < 1.29 is 9.53 Å². The first-order valence-electron chi connectivity index (χ1n) is 6.76. The van der Waals surface area contributed by atoms with Crippen molar-refractivity contribution in [3.8, 4) is 0 Å². The highest BCUT2D eigenvalue weighted by atomic mass is 35.5. The molecule has 0 heterocycles. The van der Waals surface area contributed by atoms with Gasteiger partial charge in [0.25, 0.3) is 0 Å². The molecule has 4 heteroatoms. The molecule has 0 atom stereocenters. The number of halogens is 1. The van der Waals surface area contributed by atoms with Crippen molar-refractivity contribution in [1.29, 1.82) is 0 Å².